The Hall–Kier alpha value is -1.24. The summed E-state index contributed by atoms with van der Waals surface area (Å²) >= 11 is 0. The summed E-state index contributed by atoms with van der Waals surface area (Å²) in [6.07, 6.45) is 1.81. The third-order valence-electron chi connectivity index (χ3n) is 2.79. The number of aryl methyl sites for hydroxylation is 2. The van der Waals surface area contributed by atoms with Gasteiger partial charge in [0.2, 0.25) is 0 Å². The van der Waals surface area contributed by atoms with Crippen LogP contribution in [-0.4, -0.2) is 36.2 Å². The molecule has 104 valence electrons. The molecule has 7 heteroatoms. The average molecular weight is 274 g/mol. The van der Waals surface area contributed by atoms with Gasteiger partial charge in [0, 0.05) is 19.3 Å². The summed E-state index contributed by atoms with van der Waals surface area (Å²) in [6, 6.07) is 0. The zero-order valence-corrected chi connectivity index (χ0v) is 12.0. The van der Waals surface area contributed by atoms with E-state index in [9.17, 15) is 8.42 Å². The van der Waals surface area contributed by atoms with E-state index < -0.39 is 9.84 Å². The molecule has 18 heavy (non-hydrogen) atoms. The molecule has 0 aliphatic heterocycles. The van der Waals surface area contributed by atoms with Gasteiger partial charge in [-0.2, -0.15) is 5.10 Å². The summed E-state index contributed by atoms with van der Waals surface area (Å²) < 4.78 is 24.4. The first-order chi connectivity index (χ1) is 8.41. The van der Waals surface area contributed by atoms with E-state index in [-0.39, 0.29) is 11.5 Å². The molecular weight excluding hydrogens is 252 g/mol. The van der Waals surface area contributed by atoms with Crippen molar-refractivity contribution in [3.63, 3.8) is 0 Å². The fourth-order valence-electron chi connectivity index (χ4n) is 1.70. The van der Waals surface area contributed by atoms with Crippen LogP contribution in [0.2, 0.25) is 0 Å². The minimum absolute atomic E-state index is 0.108. The lowest BCUT2D eigenvalue weighted by Crippen LogP contribution is -2.18. The standard InChI is InChI=1S/C11H22N4O2S/c1-4-6-9-10(12)11(15(3)14-9)13-7-8-18(16,17)5-2/h13H,4-8,12H2,1-3H3. The van der Waals surface area contributed by atoms with Crippen LogP contribution in [0.3, 0.4) is 0 Å². The number of nitrogens with zero attached hydrogens (tertiary/aromatic N) is 2. The van der Waals surface area contributed by atoms with Crippen LogP contribution in [0.5, 0.6) is 0 Å². The highest BCUT2D eigenvalue weighted by Crippen LogP contribution is 2.22. The number of anilines is 2. The zero-order valence-electron chi connectivity index (χ0n) is 11.2. The van der Waals surface area contributed by atoms with Crippen LogP contribution in [0.1, 0.15) is 26.0 Å². The second kappa shape index (κ2) is 6.08. The van der Waals surface area contributed by atoms with Gasteiger partial charge in [-0.05, 0) is 6.42 Å². The Balaban J connectivity index is 2.68. The van der Waals surface area contributed by atoms with E-state index in [1.54, 1.807) is 18.7 Å². The topological polar surface area (TPSA) is 90.0 Å². The molecule has 6 nitrogen and oxygen atoms in total. The van der Waals surface area contributed by atoms with Crippen molar-refractivity contribution in [2.75, 3.05) is 29.1 Å². The molecule has 1 heterocycles. The van der Waals surface area contributed by atoms with E-state index in [1.165, 1.54) is 0 Å². The highest BCUT2D eigenvalue weighted by Gasteiger charge is 2.13. The quantitative estimate of drug-likeness (QED) is 0.767. The molecule has 3 N–H and O–H groups in total. The predicted octanol–water partition coefficient (Wildman–Crippen LogP) is 0.801. The van der Waals surface area contributed by atoms with Crippen molar-refractivity contribution in [2.45, 2.75) is 26.7 Å². The summed E-state index contributed by atoms with van der Waals surface area (Å²) in [4.78, 5) is 0. The molecule has 0 aromatic carbocycles. The van der Waals surface area contributed by atoms with Crippen LogP contribution in [-0.2, 0) is 23.3 Å². The van der Waals surface area contributed by atoms with Crippen molar-refractivity contribution in [3.8, 4) is 0 Å². The normalized spacial score (nSPS) is 11.7. The van der Waals surface area contributed by atoms with Gasteiger partial charge in [-0.25, -0.2) is 8.42 Å². The van der Waals surface area contributed by atoms with E-state index in [2.05, 4.69) is 17.3 Å². The molecule has 0 atom stereocenters. The molecule has 0 aliphatic rings. The number of rotatable bonds is 7. The highest BCUT2D eigenvalue weighted by molar-refractivity contribution is 7.91. The maximum Gasteiger partial charge on any atom is 0.151 e. The fraction of sp³-hybridized carbons (Fsp3) is 0.727. The van der Waals surface area contributed by atoms with Crippen LogP contribution in [0.15, 0.2) is 0 Å². The van der Waals surface area contributed by atoms with Gasteiger partial charge in [0.05, 0.1) is 17.1 Å². The SMILES string of the molecule is CCCc1nn(C)c(NCCS(=O)(=O)CC)c1N. The number of aromatic nitrogens is 2. The van der Waals surface area contributed by atoms with E-state index >= 15 is 0 Å². The van der Waals surface area contributed by atoms with Gasteiger partial charge in [-0.1, -0.05) is 20.3 Å². The molecule has 1 rings (SSSR count). The van der Waals surface area contributed by atoms with Gasteiger partial charge in [-0.3, -0.25) is 4.68 Å². The molecule has 0 radical (unpaired) electrons. The van der Waals surface area contributed by atoms with Crippen LogP contribution in [0.25, 0.3) is 0 Å². The molecule has 0 saturated heterocycles. The molecule has 0 bridgehead atoms. The first-order valence-corrected chi connectivity index (χ1v) is 7.99. The van der Waals surface area contributed by atoms with Crippen LogP contribution in [0, 0.1) is 0 Å². The molecule has 0 fully saturated rings. The van der Waals surface area contributed by atoms with Crippen molar-refractivity contribution in [2.24, 2.45) is 7.05 Å². The van der Waals surface area contributed by atoms with Crippen LogP contribution < -0.4 is 11.1 Å². The predicted molar refractivity (Wildman–Crippen MR) is 74.4 cm³/mol. The number of nitrogen functional groups attached to an aromatic ring is 1. The first-order valence-electron chi connectivity index (χ1n) is 6.17. The number of nitrogens with two attached hydrogens (primary N) is 1. The van der Waals surface area contributed by atoms with Gasteiger partial charge in [0.15, 0.2) is 9.84 Å². The van der Waals surface area contributed by atoms with E-state index in [1.807, 2.05) is 0 Å². The van der Waals surface area contributed by atoms with Crippen LogP contribution in [0.4, 0.5) is 11.5 Å². The Morgan fingerprint density at radius 3 is 2.61 bits per heavy atom. The Labute approximate surface area is 108 Å². The Morgan fingerprint density at radius 1 is 1.39 bits per heavy atom. The number of nitrogens with one attached hydrogen (secondary N) is 1. The monoisotopic (exact) mass is 274 g/mol. The summed E-state index contributed by atoms with van der Waals surface area (Å²) in [5, 5.41) is 7.36. The minimum Gasteiger partial charge on any atom is -0.394 e. The lowest BCUT2D eigenvalue weighted by atomic mass is 10.2. The molecule has 0 spiro atoms. The van der Waals surface area contributed by atoms with E-state index in [0.717, 1.165) is 18.5 Å². The minimum atomic E-state index is -2.95. The molecule has 0 unspecified atom stereocenters. The smallest absolute Gasteiger partial charge is 0.151 e. The van der Waals surface area contributed by atoms with Crippen molar-refractivity contribution < 1.29 is 8.42 Å². The fourth-order valence-corrected chi connectivity index (χ4v) is 2.40. The summed E-state index contributed by atoms with van der Waals surface area (Å²) in [5.74, 6) is 0.971. The van der Waals surface area contributed by atoms with E-state index in [0.29, 0.717) is 18.1 Å². The Kier molecular flexibility index (Phi) is 5.01. The van der Waals surface area contributed by atoms with Crippen molar-refractivity contribution in [3.05, 3.63) is 5.69 Å². The Bertz CT molecular complexity index is 493. The maximum absolute atomic E-state index is 11.4. The average Bonchev–Trinajstić information content (AvgIpc) is 2.57. The molecule has 0 aliphatic carbocycles. The lowest BCUT2D eigenvalue weighted by Gasteiger charge is -2.07. The lowest BCUT2D eigenvalue weighted by molar-refractivity contribution is 0.597. The Morgan fingerprint density at radius 2 is 2.06 bits per heavy atom. The molecular formula is C11H22N4O2S. The van der Waals surface area contributed by atoms with Crippen molar-refractivity contribution >= 4 is 21.3 Å². The van der Waals surface area contributed by atoms with Gasteiger partial charge in [0.1, 0.15) is 5.82 Å². The second-order valence-electron chi connectivity index (χ2n) is 4.25. The third-order valence-corrected chi connectivity index (χ3v) is 4.50. The van der Waals surface area contributed by atoms with Crippen LogP contribution >= 0.6 is 0 Å². The molecule has 1 aromatic heterocycles. The summed E-state index contributed by atoms with van der Waals surface area (Å²) in [7, 11) is -1.15. The summed E-state index contributed by atoms with van der Waals surface area (Å²) in [6.45, 7) is 4.06. The molecule has 0 saturated carbocycles. The largest absolute Gasteiger partial charge is 0.394 e. The first kappa shape index (κ1) is 14.8. The highest BCUT2D eigenvalue weighted by atomic mass is 32.2. The zero-order chi connectivity index (χ0) is 13.8. The van der Waals surface area contributed by atoms with Gasteiger partial charge in [-0.15, -0.1) is 0 Å². The third kappa shape index (κ3) is 3.63. The molecule has 1 aromatic rings. The van der Waals surface area contributed by atoms with Gasteiger partial charge >= 0.3 is 0 Å². The van der Waals surface area contributed by atoms with Crippen molar-refractivity contribution in [1.29, 1.82) is 0 Å². The number of hydrogen-bond donors (Lipinski definition) is 2. The molecule has 0 amide bonds. The van der Waals surface area contributed by atoms with Gasteiger partial charge < -0.3 is 11.1 Å². The van der Waals surface area contributed by atoms with Crippen molar-refractivity contribution in [1.82, 2.24) is 9.78 Å². The number of hydrogen-bond acceptors (Lipinski definition) is 5. The van der Waals surface area contributed by atoms with Gasteiger partial charge in [0.25, 0.3) is 0 Å². The van der Waals surface area contributed by atoms with E-state index in [4.69, 9.17) is 5.73 Å². The maximum atomic E-state index is 11.4. The second-order valence-corrected chi connectivity index (χ2v) is 6.72. The summed E-state index contributed by atoms with van der Waals surface area (Å²) in [5.41, 5.74) is 7.46. The number of sulfone groups is 1.